The lowest BCUT2D eigenvalue weighted by Crippen LogP contribution is -2.58. The Morgan fingerprint density at radius 2 is 2.11 bits per heavy atom. The van der Waals surface area contributed by atoms with E-state index in [1.807, 2.05) is 19.1 Å². The molecule has 0 bridgehead atoms. The van der Waals surface area contributed by atoms with Gasteiger partial charge in [0.2, 0.25) is 0 Å². The van der Waals surface area contributed by atoms with Gasteiger partial charge >= 0.3 is 0 Å². The van der Waals surface area contributed by atoms with Crippen molar-refractivity contribution in [3.05, 3.63) is 29.6 Å². The van der Waals surface area contributed by atoms with Gasteiger partial charge in [-0.2, -0.15) is 0 Å². The van der Waals surface area contributed by atoms with E-state index in [1.54, 1.807) is 7.11 Å². The Morgan fingerprint density at radius 3 is 2.58 bits per heavy atom. The van der Waals surface area contributed by atoms with E-state index < -0.39 is 0 Å². The third-order valence-electron chi connectivity index (χ3n) is 3.93. The highest BCUT2D eigenvalue weighted by Gasteiger charge is 2.36. The summed E-state index contributed by atoms with van der Waals surface area (Å²) in [7, 11) is 3.82. The van der Waals surface area contributed by atoms with Gasteiger partial charge < -0.3 is 10.5 Å². The standard InChI is InChI=1S/C15H27N3O/c1-12(2)15(10-16,11-19-5)18(4)9-14-8-6-7-13(3)17-14/h6-8,12H,9-11,16H2,1-5H3. The highest BCUT2D eigenvalue weighted by Crippen LogP contribution is 2.25. The van der Waals surface area contributed by atoms with E-state index in [0.29, 0.717) is 19.1 Å². The zero-order chi connectivity index (χ0) is 14.5. The normalized spacial score (nSPS) is 14.9. The molecule has 0 aliphatic rings. The number of nitrogens with two attached hydrogens (primary N) is 1. The van der Waals surface area contributed by atoms with Crippen LogP contribution < -0.4 is 5.73 Å². The summed E-state index contributed by atoms with van der Waals surface area (Å²) < 4.78 is 5.40. The number of aromatic nitrogens is 1. The molecule has 4 heteroatoms. The van der Waals surface area contributed by atoms with E-state index >= 15 is 0 Å². The summed E-state index contributed by atoms with van der Waals surface area (Å²) >= 11 is 0. The van der Waals surface area contributed by atoms with Gasteiger partial charge in [0.15, 0.2) is 0 Å². The molecule has 0 saturated carbocycles. The molecule has 0 saturated heterocycles. The van der Waals surface area contributed by atoms with Crippen molar-refractivity contribution in [2.45, 2.75) is 32.9 Å². The lowest BCUT2D eigenvalue weighted by Gasteiger charge is -2.44. The Labute approximate surface area is 117 Å². The number of methoxy groups -OCH3 is 1. The molecule has 0 radical (unpaired) electrons. The zero-order valence-electron chi connectivity index (χ0n) is 12.8. The van der Waals surface area contributed by atoms with Crippen LogP contribution in [0.15, 0.2) is 18.2 Å². The first kappa shape index (κ1) is 16.1. The molecule has 108 valence electrons. The van der Waals surface area contributed by atoms with Gasteiger partial charge in [-0.25, -0.2) is 0 Å². The van der Waals surface area contributed by atoms with Gasteiger partial charge in [-0.3, -0.25) is 9.88 Å². The summed E-state index contributed by atoms with van der Waals surface area (Å²) in [5.41, 5.74) is 7.99. The molecule has 1 rings (SSSR count). The van der Waals surface area contributed by atoms with Crippen molar-refractivity contribution >= 4 is 0 Å². The maximum Gasteiger partial charge on any atom is 0.0661 e. The molecule has 1 atom stereocenters. The van der Waals surface area contributed by atoms with Gasteiger partial charge in [-0.15, -0.1) is 0 Å². The highest BCUT2D eigenvalue weighted by molar-refractivity contribution is 5.10. The van der Waals surface area contributed by atoms with Gasteiger partial charge in [-0.05, 0) is 32.0 Å². The van der Waals surface area contributed by atoms with Crippen LogP contribution in [0.5, 0.6) is 0 Å². The number of pyridine rings is 1. The molecular formula is C15H27N3O. The lowest BCUT2D eigenvalue weighted by atomic mass is 9.85. The monoisotopic (exact) mass is 265 g/mol. The number of rotatable bonds is 7. The quantitative estimate of drug-likeness (QED) is 0.817. The first-order valence-corrected chi connectivity index (χ1v) is 6.79. The second-order valence-corrected chi connectivity index (χ2v) is 5.52. The Kier molecular flexibility index (Phi) is 5.91. The minimum atomic E-state index is -0.153. The van der Waals surface area contributed by atoms with Crippen molar-refractivity contribution in [1.29, 1.82) is 0 Å². The molecule has 0 amide bonds. The topological polar surface area (TPSA) is 51.4 Å². The van der Waals surface area contributed by atoms with Crippen molar-refractivity contribution in [1.82, 2.24) is 9.88 Å². The van der Waals surface area contributed by atoms with Crippen molar-refractivity contribution in [3.8, 4) is 0 Å². The summed E-state index contributed by atoms with van der Waals surface area (Å²) in [6.07, 6.45) is 0. The lowest BCUT2D eigenvalue weighted by molar-refractivity contribution is -0.00615. The van der Waals surface area contributed by atoms with Crippen LogP contribution in [0.25, 0.3) is 0 Å². The van der Waals surface area contributed by atoms with E-state index in [1.165, 1.54) is 0 Å². The van der Waals surface area contributed by atoms with Gasteiger partial charge in [0.05, 0.1) is 17.8 Å². The Morgan fingerprint density at radius 1 is 1.42 bits per heavy atom. The molecular weight excluding hydrogens is 238 g/mol. The maximum atomic E-state index is 6.04. The minimum Gasteiger partial charge on any atom is -0.383 e. The third kappa shape index (κ3) is 3.75. The molecule has 1 aromatic rings. The van der Waals surface area contributed by atoms with Gasteiger partial charge in [0.1, 0.15) is 0 Å². The number of aryl methyl sites for hydroxylation is 1. The summed E-state index contributed by atoms with van der Waals surface area (Å²) in [5, 5.41) is 0. The van der Waals surface area contributed by atoms with Crippen LogP contribution in [0.4, 0.5) is 0 Å². The van der Waals surface area contributed by atoms with Crippen LogP contribution in [0.3, 0.4) is 0 Å². The predicted molar refractivity (Wildman–Crippen MR) is 78.9 cm³/mol. The van der Waals surface area contributed by atoms with Crippen LogP contribution in [-0.2, 0) is 11.3 Å². The zero-order valence-corrected chi connectivity index (χ0v) is 12.8. The molecule has 0 aliphatic heterocycles. The molecule has 0 aliphatic carbocycles. The average Bonchev–Trinajstić information content (AvgIpc) is 2.35. The minimum absolute atomic E-state index is 0.153. The van der Waals surface area contributed by atoms with E-state index in [9.17, 15) is 0 Å². The molecule has 0 spiro atoms. The van der Waals surface area contributed by atoms with Crippen LogP contribution in [0.1, 0.15) is 25.2 Å². The fraction of sp³-hybridized carbons (Fsp3) is 0.667. The summed E-state index contributed by atoms with van der Waals surface area (Å²) in [4.78, 5) is 6.82. The first-order valence-electron chi connectivity index (χ1n) is 6.79. The van der Waals surface area contributed by atoms with E-state index in [4.69, 9.17) is 10.5 Å². The molecule has 0 fully saturated rings. The first-order chi connectivity index (χ1) is 8.96. The molecule has 1 unspecified atom stereocenters. The predicted octanol–water partition coefficient (Wildman–Crippen LogP) is 1.82. The van der Waals surface area contributed by atoms with E-state index in [0.717, 1.165) is 17.9 Å². The van der Waals surface area contributed by atoms with Crippen LogP contribution in [0.2, 0.25) is 0 Å². The smallest absolute Gasteiger partial charge is 0.0661 e. The number of nitrogens with zero attached hydrogens (tertiary/aromatic N) is 2. The van der Waals surface area contributed by atoms with Crippen LogP contribution in [-0.4, -0.2) is 42.7 Å². The number of hydrogen-bond donors (Lipinski definition) is 1. The number of hydrogen-bond acceptors (Lipinski definition) is 4. The fourth-order valence-electron chi connectivity index (χ4n) is 2.51. The highest BCUT2D eigenvalue weighted by atomic mass is 16.5. The molecule has 1 aromatic heterocycles. The number of likely N-dealkylation sites (N-methyl/N-ethyl adjacent to an activating group) is 1. The van der Waals surface area contributed by atoms with E-state index in [-0.39, 0.29) is 5.54 Å². The second kappa shape index (κ2) is 6.98. The summed E-state index contributed by atoms with van der Waals surface area (Å²) in [6, 6.07) is 6.11. The van der Waals surface area contributed by atoms with E-state index in [2.05, 4.69) is 36.8 Å². The summed E-state index contributed by atoms with van der Waals surface area (Å²) in [5.74, 6) is 0.409. The second-order valence-electron chi connectivity index (χ2n) is 5.52. The fourth-order valence-corrected chi connectivity index (χ4v) is 2.51. The van der Waals surface area contributed by atoms with Crippen molar-refractivity contribution in [3.63, 3.8) is 0 Å². The molecule has 19 heavy (non-hydrogen) atoms. The SMILES string of the molecule is COCC(CN)(C(C)C)N(C)Cc1cccc(C)n1. The average molecular weight is 265 g/mol. The third-order valence-corrected chi connectivity index (χ3v) is 3.93. The van der Waals surface area contributed by atoms with Crippen LogP contribution >= 0.6 is 0 Å². The van der Waals surface area contributed by atoms with Crippen molar-refractivity contribution in [2.75, 3.05) is 27.3 Å². The molecule has 0 aromatic carbocycles. The Hall–Kier alpha value is -0.970. The van der Waals surface area contributed by atoms with Crippen molar-refractivity contribution in [2.24, 2.45) is 11.7 Å². The Balaban J connectivity index is 2.91. The summed E-state index contributed by atoms with van der Waals surface area (Å²) in [6.45, 7) is 8.36. The largest absolute Gasteiger partial charge is 0.383 e. The molecule has 4 nitrogen and oxygen atoms in total. The number of ether oxygens (including phenoxy) is 1. The van der Waals surface area contributed by atoms with Crippen molar-refractivity contribution < 1.29 is 4.74 Å². The van der Waals surface area contributed by atoms with Gasteiger partial charge in [0, 0.05) is 25.9 Å². The van der Waals surface area contributed by atoms with Gasteiger partial charge in [-0.1, -0.05) is 19.9 Å². The molecule has 2 N–H and O–H groups in total. The molecule has 1 heterocycles. The maximum absolute atomic E-state index is 6.04. The van der Waals surface area contributed by atoms with Crippen LogP contribution in [0, 0.1) is 12.8 Å². The van der Waals surface area contributed by atoms with Gasteiger partial charge in [0.25, 0.3) is 0 Å². The Bertz CT molecular complexity index is 395.